The van der Waals surface area contributed by atoms with Crippen LogP contribution in [0.5, 0.6) is 0 Å². The summed E-state index contributed by atoms with van der Waals surface area (Å²) in [4.78, 5) is 36.5. The van der Waals surface area contributed by atoms with Gasteiger partial charge in [-0.05, 0) is 49.4 Å². The summed E-state index contributed by atoms with van der Waals surface area (Å²) in [6.45, 7) is 0.224. The van der Waals surface area contributed by atoms with Crippen molar-refractivity contribution >= 4 is 64.0 Å². The number of hydrogen-bond donors (Lipinski definition) is 1. The Labute approximate surface area is 191 Å². The van der Waals surface area contributed by atoms with Gasteiger partial charge in [-0.2, -0.15) is 0 Å². The van der Waals surface area contributed by atoms with Crippen LogP contribution in [0.15, 0.2) is 34.2 Å². The van der Waals surface area contributed by atoms with Crippen LogP contribution in [0.4, 0.5) is 5.13 Å². The minimum Gasteiger partial charge on any atom is -0.302 e. The van der Waals surface area contributed by atoms with Gasteiger partial charge in [0.1, 0.15) is 4.83 Å². The van der Waals surface area contributed by atoms with E-state index in [1.807, 2.05) is 0 Å². The first-order chi connectivity index (χ1) is 15.3. The maximum absolute atomic E-state index is 13.0. The molecule has 0 unspecified atom stereocenters. The second-order valence-corrected chi connectivity index (χ2v) is 12.0. The number of fused-ring (bicyclic) bond motifs is 4. The molecule has 3 heterocycles. The number of aryl methyl sites for hydroxylation is 3. The summed E-state index contributed by atoms with van der Waals surface area (Å²) >= 11 is 2.82. The lowest BCUT2D eigenvalue weighted by molar-refractivity contribution is -0.116. The van der Waals surface area contributed by atoms with E-state index in [0.29, 0.717) is 20.7 Å². The fourth-order valence-electron chi connectivity index (χ4n) is 3.93. The zero-order chi connectivity index (χ0) is 22.5. The number of amides is 1. The number of anilines is 1. The van der Waals surface area contributed by atoms with Crippen molar-refractivity contribution in [3.05, 3.63) is 45.3 Å². The van der Waals surface area contributed by atoms with Gasteiger partial charge in [0.15, 0.2) is 15.0 Å². The van der Waals surface area contributed by atoms with E-state index >= 15 is 0 Å². The molecule has 1 N–H and O–H groups in total. The SMILES string of the molecule is CS(=O)(=O)c1ccc2nc(NC(=O)CCn3cnc4sc5c(c4c3=O)CCCC5)sc2c1. The molecule has 4 aromatic rings. The molecule has 1 aliphatic carbocycles. The Kier molecular flexibility index (Phi) is 5.34. The molecule has 1 aliphatic rings. The summed E-state index contributed by atoms with van der Waals surface area (Å²) in [5, 5.41) is 3.85. The molecule has 0 saturated carbocycles. The Hall–Kier alpha value is -2.63. The highest BCUT2D eigenvalue weighted by Gasteiger charge is 2.20. The fourth-order valence-corrected chi connectivity index (χ4v) is 6.80. The summed E-state index contributed by atoms with van der Waals surface area (Å²) in [5.74, 6) is -0.272. The molecule has 0 aliphatic heterocycles. The lowest BCUT2D eigenvalue weighted by Gasteiger charge is -2.10. The smallest absolute Gasteiger partial charge is 0.262 e. The standard InChI is InChI=1S/C21H20N4O4S3/c1-32(28,29)12-6-7-14-16(10-12)31-21(23-14)24-17(26)8-9-25-11-22-19-18(20(25)27)13-4-2-3-5-15(13)30-19/h6-7,10-11H,2-5,8-9H2,1H3,(H,23,24,26). The third kappa shape index (κ3) is 3.96. The van der Waals surface area contributed by atoms with Gasteiger partial charge in [0, 0.05) is 24.1 Å². The number of hydrogen-bond acceptors (Lipinski definition) is 8. The first-order valence-electron chi connectivity index (χ1n) is 10.2. The first-order valence-corrected chi connectivity index (χ1v) is 13.7. The number of aromatic nitrogens is 3. The van der Waals surface area contributed by atoms with Crippen LogP contribution in [0.2, 0.25) is 0 Å². The maximum atomic E-state index is 13.0. The molecule has 3 aromatic heterocycles. The number of carbonyl (C=O) groups excluding carboxylic acids is 1. The van der Waals surface area contributed by atoms with Crippen LogP contribution >= 0.6 is 22.7 Å². The van der Waals surface area contributed by atoms with E-state index in [0.717, 1.165) is 42.3 Å². The molecule has 1 aromatic carbocycles. The van der Waals surface area contributed by atoms with Gasteiger partial charge in [-0.3, -0.25) is 14.2 Å². The third-order valence-corrected chi connectivity index (χ3v) is 8.80. The van der Waals surface area contributed by atoms with E-state index < -0.39 is 9.84 Å². The van der Waals surface area contributed by atoms with Crippen LogP contribution in [0.25, 0.3) is 20.4 Å². The number of carbonyl (C=O) groups is 1. The minimum atomic E-state index is -3.31. The maximum Gasteiger partial charge on any atom is 0.262 e. The van der Waals surface area contributed by atoms with Crippen molar-refractivity contribution in [3.63, 3.8) is 0 Å². The predicted octanol–water partition coefficient (Wildman–Crippen LogP) is 3.38. The van der Waals surface area contributed by atoms with Crippen molar-refractivity contribution in [2.75, 3.05) is 11.6 Å². The highest BCUT2D eigenvalue weighted by Crippen LogP contribution is 2.33. The molecule has 0 bridgehead atoms. The number of nitrogens with zero attached hydrogens (tertiary/aromatic N) is 3. The lowest BCUT2D eigenvalue weighted by Crippen LogP contribution is -2.24. The van der Waals surface area contributed by atoms with Crippen molar-refractivity contribution in [2.45, 2.75) is 43.5 Å². The molecule has 11 heteroatoms. The molecule has 0 spiro atoms. The normalized spacial score (nSPS) is 14.0. The number of nitrogens with one attached hydrogen (secondary N) is 1. The van der Waals surface area contributed by atoms with Crippen LogP contribution in [0.1, 0.15) is 29.7 Å². The van der Waals surface area contributed by atoms with Crippen molar-refractivity contribution in [1.29, 1.82) is 0 Å². The number of thiazole rings is 1. The molecule has 166 valence electrons. The number of benzene rings is 1. The minimum absolute atomic E-state index is 0.0875. The van der Waals surface area contributed by atoms with Crippen LogP contribution < -0.4 is 10.9 Å². The summed E-state index contributed by atoms with van der Waals surface area (Å²) in [7, 11) is -3.31. The third-order valence-electron chi connectivity index (χ3n) is 5.56. The highest BCUT2D eigenvalue weighted by atomic mass is 32.2. The second-order valence-electron chi connectivity index (χ2n) is 7.85. The van der Waals surface area contributed by atoms with Crippen LogP contribution in [-0.4, -0.2) is 35.1 Å². The van der Waals surface area contributed by atoms with E-state index in [2.05, 4.69) is 15.3 Å². The second kappa shape index (κ2) is 8.05. The van der Waals surface area contributed by atoms with E-state index in [1.54, 1.807) is 23.5 Å². The van der Waals surface area contributed by atoms with E-state index in [4.69, 9.17) is 0 Å². The van der Waals surface area contributed by atoms with Gasteiger partial charge < -0.3 is 5.32 Å². The Balaban J connectivity index is 1.31. The molecule has 0 atom stereocenters. The van der Waals surface area contributed by atoms with Gasteiger partial charge in [-0.25, -0.2) is 18.4 Å². The summed E-state index contributed by atoms with van der Waals surface area (Å²) < 4.78 is 25.6. The summed E-state index contributed by atoms with van der Waals surface area (Å²) in [6.07, 6.45) is 6.92. The summed E-state index contributed by atoms with van der Waals surface area (Å²) in [6, 6.07) is 4.68. The van der Waals surface area contributed by atoms with E-state index in [9.17, 15) is 18.0 Å². The van der Waals surface area contributed by atoms with Gasteiger partial charge >= 0.3 is 0 Å². The Morgan fingerprint density at radius 3 is 2.84 bits per heavy atom. The molecular weight excluding hydrogens is 468 g/mol. The Morgan fingerprint density at radius 2 is 2.03 bits per heavy atom. The van der Waals surface area contributed by atoms with Gasteiger partial charge in [0.25, 0.3) is 5.56 Å². The topological polar surface area (TPSA) is 111 Å². The van der Waals surface area contributed by atoms with Crippen molar-refractivity contribution < 1.29 is 13.2 Å². The van der Waals surface area contributed by atoms with Crippen molar-refractivity contribution in [1.82, 2.24) is 14.5 Å². The van der Waals surface area contributed by atoms with Crippen LogP contribution in [0.3, 0.4) is 0 Å². The average molecular weight is 489 g/mol. The quantitative estimate of drug-likeness (QED) is 0.461. The molecule has 0 saturated heterocycles. The molecule has 8 nitrogen and oxygen atoms in total. The molecular formula is C21H20N4O4S3. The van der Waals surface area contributed by atoms with Gasteiger partial charge in [-0.15, -0.1) is 11.3 Å². The van der Waals surface area contributed by atoms with Crippen molar-refractivity contribution in [3.8, 4) is 0 Å². The first kappa shape index (κ1) is 21.2. The van der Waals surface area contributed by atoms with Crippen LogP contribution in [-0.2, 0) is 34.0 Å². The van der Waals surface area contributed by atoms with Gasteiger partial charge in [0.2, 0.25) is 5.91 Å². The number of rotatable bonds is 5. The lowest BCUT2D eigenvalue weighted by atomic mass is 9.97. The Bertz CT molecular complexity index is 1530. The largest absolute Gasteiger partial charge is 0.302 e. The Morgan fingerprint density at radius 1 is 1.22 bits per heavy atom. The molecule has 1 amide bonds. The zero-order valence-corrected chi connectivity index (χ0v) is 19.7. The zero-order valence-electron chi connectivity index (χ0n) is 17.3. The van der Waals surface area contributed by atoms with Crippen molar-refractivity contribution in [2.24, 2.45) is 0 Å². The molecule has 5 rings (SSSR count). The van der Waals surface area contributed by atoms with Crippen LogP contribution in [0, 0.1) is 0 Å². The fraction of sp³-hybridized carbons (Fsp3) is 0.333. The average Bonchev–Trinajstić information content (AvgIpc) is 3.32. The number of sulfone groups is 1. The van der Waals surface area contributed by atoms with Gasteiger partial charge in [-0.1, -0.05) is 11.3 Å². The molecule has 0 fully saturated rings. The molecule has 32 heavy (non-hydrogen) atoms. The summed E-state index contributed by atoms with van der Waals surface area (Å²) in [5.41, 5.74) is 1.66. The van der Waals surface area contributed by atoms with Gasteiger partial charge in [0.05, 0.1) is 26.8 Å². The van der Waals surface area contributed by atoms with E-state index in [-0.39, 0.29) is 29.3 Å². The predicted molar refractivity (Wildman–Crippen MR) is 126 cm³/mol. The number of thiophene rings is 1. The highest BCUT2D eigenvalue weighted by molar-refractivity contribution is 7.90. The monoisotopic (exact) mass is 488 g/mol. The van der Waals surface area contributed by atoms with E-state index in [1.165, 1.54) is 33.2 Å². The molecule has 0 radical (unpaired) electrons.